The first-order chi connectivity index (χ1) is 8.65. The van der Waals surface area contributed by atoms with Gasteiger partial charge in [-0.1, -0.05) is 12.2 Å². The predicted octanol–water partition coefficient (Wildman–Crippen LogP) is 0.972. The lowest BCUT2D eigenvalue weighted by Crippen LogP contribution is -2.40. The molecule has 7 heteroatoms. The van der Waals surface area contributed by atoms with Crippen molar-refractivity contribution in [2.75, 3.05) is 0 Å². The predicted molar refractivity (Wildman–Crippen MR) is 66.2 cm³/mol. The van der Waals surface area contributed by atoms with Gasteiger partial charge in [-0.2, -0.15) is 0 Å². The summed E-state index contributed by atoms with van der Waals surface area (Å²) < 4.78 is 0. The molecule has 3 N–H and O–H groups in total. The van der Waals surface area contributed by atoms with Crippen molar-refractivity contribution in [1.29, 1.82) is 0 Å². The molecule has 2 rings (SSSR count). The highest BCUT2D eigenvalue weighted by molar-refractivity contribution is 7.09. The highest BCUT2D eigenvalue weighted by atomic mass is 32.1. The molecule has 1 aliphatic carbocycles. The molecule has 0 radical (unpaired) electrons. The zero-order chi connectivity index (χ0) is 13.0. The van der Waals surface area contributed by atoms with Gasteiger partial charge in [-0.05, 0) is 6.42 Å². The number of aliphatic carboxylic acids is 1. The van der Waals surface area contributed by atoms with Gasteiger partial charge in [-0.25, -0.2) is 9.78 Å². The van der Waals surface area contributed by atoms with Gasteiger partial charge in [-0.15, -0.1) is 11.3 Å². The van der Waals surface area contributed by atoms with Crippen LogP contribution in [0, 0.1) is 5.92 Å². The molecule has 0 spiro atoms. The van der Waals surface area contributed by atoms with Gasteiger partial charge in [-0.3, -0.25) is 4.79 Å². The van der Waals surface area contributed by atoms with Crippen LogP contribution in [-0.4, -0.2) is 28.1 Å². The Morgan fingerprint density at radius 3 is 2.94 bits per heavy atom. The third-order valence-corrected chi connectivity index (χ3v) is 3.38. The molecule has 1 heterocycles. The lowest BCUT2D eigenvalue weighted by molar-refractivity contribution is -0.140. The molecule has 0 aliphatic heterocycles. The van der Waals surface area contributed by atoms with Crippen molar-refractivity contribution >= 4 is 23.3 Å². The van der Waals surface area contributed by atoms with Crippen LogP contribution in [0.25, 0.3) is 0 Å². The number of rotatable bonds is 4. The highest BCUT2D eigenvalue weighted by Gasteiger charge is 2.25. The van der Waals surface area contributed by atoms with Gasteiger partial charge in [0, 0.05) is 11.6 Å². The fourth-order valence-corrected chi connectivity index (χ4v) is 2.26. The van der Waals surface area contributed by atoms with Crippen molar-refractivity contribution in [1.82, 2.24) is 15.6 Å². The van der Waals surface area contributed by atoms with E-state index in [4.69, 9.17) is 5.11 Å². The molecule has 96 valence electrons. The van der Waals surface area contributed by atoms with E-state index in [1.165, 1.54) is 11.3 Å². The molecule has 0 fully saturated rings. The number of carbonyl (C=O) groups excluding carboxylic acids is 1. The maximum Gasteiger partial charge on any atom is 0.315 e. The Kier molecular flexibility index (Phi) is 3.93. The Labute approximate surface area is 108 Å². The number of hydrogen-bond donors (Lipinski definition) is 3. The zero-order valence-corrected chi connectivity index (χ0v) is 10.3. The van der Waals surface area contributed by atoms with Crippen molar-refractivity contribution in [3.05, 3.63) is 28.7 Å². The van der Waals surface area contributed by atoms with E-state index in [9.17, 15) is 9.59 Å². The Morgan fingerprint density at radius 2 is 2.33 bits per heavy atom. The summed E-state index contributed by atoms with van der Waals surface area (Å²) in [6.45, 7) is 0.377. The lowest BCUT2D eigenvalue weighted by Gasteiger charge is -2.12. The number of nitrogens with zero attached hydrogens (tertiary/aromatic N) is 1. The summed E-state index contributed by atoms with van der Waals surface area (Å²) >= 11 is 1.47. The molecule has 0 saturated heterocycles. The average Bonchev–Trinajstić information content (AvgIpc) is 2.96. The zero-order valence-electron chi connectivity index (χ0n) is 9.50. The van der Waals surface area contributed by atoms with E-state index >= 15 is 0 Å². The summed E-state index contributed by atoms with van der Waals surface area (Å²) in [6, 6.07) is -0.534. The normalized spacial score (nSPS) is 21.8. The fraction of sp³-hybridized carbons (Fsp3) is 0.364. The third kappa shape index (κ3) is 3.30. The highest BCUT2D eigenvalue weighted by Crippen LogP contribution is 2.17. The molecule has 6 nitrogen and oxygen atoms in total. The second kappa shape index (κ2) is 5.63. The molecule has 18 heavy (non-hydrogen) atoms. The number of carbonyl (C=O) groups is 2. The molecule has 2 amide bonds. The maximum absolute atomic E-state index is 11.5. The number of hydrogen-bond acceptors (Lipinski definition) is 4. The first kappa shape index (κ1) is 12.6. The topological polar surface area (TPSA) is 91.3 Å². The summed E-state index contributed by atoms with van der Waals surface area (Å²) in [5.41, 5.74) is 0. The summed E-state index contributed by atoms with van der Waals surface area (Å²) in [6.07, 6.45) is 5.40. The second-order valence-corrected chi connectivity index (χ2v) is 4.90. The van der Waals surface area contributed by atoms with E-state index < -0.39 is 11.9 Å². The van der Waals surface area contributed by atoms with Crippen LogP contribution in [0.2, 0.25) is 0 Å². The number of aromatic nitrogens is 1. The molecule has 1 aromatic heterocycles. The number of carboxylic acids is 1. The Morgan fingerprint density at radius 1 is 1.50 bits per heavy atom. The van der Waals surface area contributed by atoms with Crippen molar-refractivity contribution < 1.29 is 14.7 Å². The summed E-state index contributed by atoms with van der Waals surface area (Å²) in [5.74, 6) is -1.37. The van der Waals surface area contributed by atoms with E-state index in [1.807, 2.05) is 5.38 Å². The first-order valence-electron chi connectivity index (χ1n) is 5.49. The SMILES string of the molecule is O=C(NCc1nccs1)NC1C=CC(C(=O)O)C1. The number of amides is 2. The molecular formula is C11H13N3O3S. The van der Waals surface area contributed by atoms with Gasteiger partial charge in [0.2, 0.25) is 0 Å². The Bertz CT molecular complexity index is 458. The van der Waals surface area contributed by atoms with Gasteiger partial charge in [0.1, 0.15) is 5.01 Å². The second-order valence-electron chi connectivity index (χ2n) is 3.92. The van der Waals surface area contributed by atoms with E-state index in [0.717, 1.165) is 5.01 Å². The molecule has 2 atom stereocenters. The van der Waals surface area contributed by atoms with Crippen LogP contribution in [0.4, 0.5) is 4.79 Å². The van der Waals surface area contributed by atoms with E-state index in [1.54, 1.807) is 18.3 Å². The average molecular weight is 267 g/mol. The van der Waals surface area contributed by atoms with Crippen LogP contribution < -0.4 is 10.6 Å². The van der Waals surface area contributed by atoms with E-state index in [0.29, 0.717) is 13.0 Å². The quantitative estimate of drug-likeness (QED) is 0.709. The molecule has 1 aliphatic rings. The molecule has 0 aromatic carbocycles. The van der Waals surface area contributed by atoms with Crippen LogP contribution in [0.1, 0.15) is 11.4 Å². The Balaban J connectivity index is 1.72. The van der Waals surface area contributed by atoms with Gasteiger partial charge >= 0.3 is 12.0 Å². The summed E-state index contributed by atoms with van der Waals surface area (Å²) in [4.78, 5) is 26.3. The van der Waals surface area contributed by atoms with Gasteiger partial charge < -0.3 is 15.7 Å². The molecule has 1 aromatic rings. The summed E-state index contributed by atoms with van der Waals surface area (Å²) in [5, 5.41) is 16.9. The minimum atomic E-state index is -0.862. The number of nitrogens with one attached hydrogen (secondary N) is 2. The van der Waals surface area contributed by atoms with Gasteiger partial charge in [0.05, 0.1) is 18.5 Å². The number of urea groups is 1. The molecular weight excluding hydrogens is 254 g/mol. The largest absolute Gasteiger partial charge is 0.481 e. The van der Waals surface area contributed by atoms with Crippen molar-refractivity contribution in [3.63, 3.8) is 0 Å². The van der Waals surface area contributed by atoms with Crippen LogP contribution in [0.15, 0.2) is 23.7 Å². The standard InChI is InChI=1S/C11H13N3O3S/c15-10(16)7-1-2-8(5-7)14-11(17)13-6-9-12-3-4-18-9/h1-4,7-8H,5-6H2,(H,15,16)(H2,13,14,17). The fourth-order valence-electron chi connectivity index (χ4n) is 1.70. The smallest absolute Gasteiger partial charge is 0.315 e. The van der Waals surface area contributed by atoms with Crippen LogP contribution in [-0.2, 0) is 11.3 Å². The van der Waals surface area contributed by atoms with Crippen LogP contribution in [0.5, 0.6) is 0 Å². The number of thiazole rings is 1. The van der Waals surface area contributed by atoms with Crippen LogP contribution >= 0.6 is 11.3 Å². The van der Waals surface area contributed by atoms with E-state index in [2.05, 4.69) is 15.6 Å². The first-order valence-corrected chi connectivity index (χ1v) is 6.37. The van der Waals surface area contributed by atoms with Gasteiger partial charge in [0.15, 0.2) is 0 Å². The maximum atomic E-state index is 11.5. The monoisotopic (exact) mass is 267 g/mol. The van der Waals surface area contributed by atoms with Gasteiger partial charge in [0.25, 0.3) is 0 Å². The van der Waals surface area contributed by atoms with E-state index in [-0.39, 0.29) is 12.1 Å². The van der Waals surface area contributed by atoms with Crippen LogP contribution in [0.3, 0.4) is 0 Å². The number of carboxylic acid groups (broad SMARTS) is 1. The summed E-state index contributed by atoms with van der Waals surface area (Å²) in [7, 11) is 0. The lowest BCUT2D eigenvalue weighted by atomic mass is 10.1. The minimum absolute atomic E-state index is 0.220. The molecule has 2 unspecified atom stereocenters. The third-order valence-electron chi connectivity index (χ3n) is 2.60. The van der Waals surface area contributed by atoms with Crippen molar-refractivity contribution in [2.24, 2.45) is 5.92 Å². The molecule has 0 bridgehead atoms. The molecule has 0 saturated carbocycles. The minimum Gasteiger partial charge on any atom is -0.481 e. The van der Waals surface area contributed by atoms with Crippen molar-refractivity contribution in [2.45, 2.75) is 19.0 Å². The Hall–Kier alpha value is -1.89. The van der Waals surface area contributed by atoms with Crippen molar-refractivity contribution in [3.8, 4) is 0 Å².